The van der Waals surface area contributed by atoms with Crippen LogP contribution in [0.25, 0.3) is 94.7 Å². The van der Waals surface area contributed by atoms with E-state index in [2.05, 4.69) is 144 Å². The van der Waals surface area contributed by atoms with E-state index in [9.17, 15) is 0 Å². The fourth-order valence-electron chi connectivity index (χ4n) is 7.34. The van der Waals surface area contributed by atoms with Crippen LogP contribution in [0.15, 0.2) is 158 Å². The first-order chi connectivity index (χ1) is 23.3. The second kappa shape index (κ2) is 10.1. The van der Waals surface area contributed by atoms with Crippen LogP contribution in [0.3, 0.4) is 0 Å². The van der Waals surface area contributed by atoms with Crippen molar-refractivity contribution in [2.45, 2.75) is 0 Å². The molecule has 7 aromatic carbocycles. The molecule has 0 radical (unpaired) electrons. The fraction of sp³-hybridized carbons (Fsp3) is 0. The molecule has 2 heterocycles. The average Bonchev–Trinajstić information content (AvgIpc) is 3.66. The second-order valence-corrected chi connectivity index (χ2v) is 12.0. The molecule has 0 N–H and O–H groups in total. The van der Waals surface area contributed by atoms with Crippen LogP contribution in [0.1, 0.15) is 0 Å². The Balaban J connectivity index is 1.24. The van der Waals surface area contributed by atoms with E-state index in [1.165, 1.54) is 43.8 Å². The zero-order valence-corrected chi connectivity index (χ0v) is 25.3. The molecule has 0 bridgehead atoms. The maximum Gasteiger partial charge on any atom is 0.238 e. The first-order valence-electron chi connectivity index (χ1n) is 15.9. The highest BCUT2D eigenvalue weighted by Gasteiger charge is 2.23. The summed E-state index contributed by atoms with van der Waals surface area (Å²) in [7, 11) is 0. The quantitative estimate of drug-likeness (QED) is 0.202. The van der Waals surface area contributed by atoms with Crippen LogP contribution < -0.4 is 0 Å². The molecule has 1 aliphatic rings. The molecule has 1 aliphatic carbocycles. The maximum absolute atomic E-state index is 5.25. The lowest BCUT2D eigenvalue weighted by molar-refractivity contribution is 0.953. The van der Waals surface area contributed by atoms with E-state index in [1.54, 1.807) is 0 Å². The smallest absolute Gasteiger partial charge is 0.238 e. The number of para-hydroxylation sites is 2. The number of hydrogen-bond donors (Lipinski definition) is 0. The van der Waals surface area contributed by atoms with Crippen molar-refractivity contribution < 1.29 is 0 Å². The lowest BCUT2D eigenvalue weighted by atomic mass is 9.93. The van der Waals surface area contributed by atoms with Gasteiger partial charge in [-0.3, -0.25) is 4.57 Å². The molecule has 0 saturated carbocycles. The summed E-state index contributed by atoms with van der Waals surface area (Å²) in [5, 5.41) is 4.88. The highest BCUT2D eigenvalue weighted by Crippen LogP contribution is 2.49. The molecule has 0 aliphatic heterocycles. The van der Waals surface area contributed by atoms with Crippen LogP contribution in [0.4, 0.5) is 0 Å². The number of rotatable bonds is 4. The summed E-state index contributed by atoms with van der Waals surface area (Å²) in [6, 6.07) is 55.5. The van der Waals surface area contributed by atoms with E-state index in [0.717, 1.165) is 33.3 Å². The molecule has 0 fully saturated rings. The van der Waals surface area contributed by atoms with Gasteiger partial charge < -0.3 is 0 Å². The third-order valence-corrected chi connectivity index (χ3v) is 9.40. The second-order valence-electron chi connectivity index (χ2n) is 12.0. The lowest BCUT2D eigenvalue weighted by Crippen LogP contribution is -2.06. The van der Waals surface area contributed by atoms with Crippen molar-refractivity contribution in [1.29, 1.82) is 0 Å². The van der Waals surface area contributed by atoms with Gasteiger partial charge in [0, 0.05) is 21.9 Å². The van der Waals surface area contributed by atoms with Crippen molar-refractivity contribution in [1.82, 2.24) is 19.5 Å². The monoisotopic (exact) mass is 598 g/mol. The molecule has 218 valence electrons. The van der Waals surface area contributed by atoms with E-state index in [-0.39, 0.29) is 0 Å². The minimum absolute atomic E-state index is 0.594. The van der Waals surface area contributed by atoms with Crippen molar-refractivity contribution in [3.8, 4) is 62.1 Å². The van der Waals surface area contributed by atoms with Crippen molar-refractivity contribution in [3.63, 3.8) is 0 Å². The topological polar surface area (TPSA) is 43.6 Å². The van der Waals surface area contributed by atoms with Gasteiger partial charge in [-0.25, -0.2) is 4.98 Å². The van der Waals surface area contributed by atoms with Gasteiger partial charge in [0.1, 0.15) is 0 Å². The minimum Gasteiger partial charge on any atom is -0.278 e. The molecule has 10 rings (SSSR count). The average molecular weight is 599 g/mol. The Kier molecular flexibility index (Phi) is 5.54. The number of nitrogens with zero attached hydrogens (tertiary/aromatic N) is 4. The van der Waals surface area contributed by atoms with Crippen LogP contribution in [-0.2, 0) is 0 Å². The van der Waals surface area contributed by atoms with E-state index >= 15 is 0 Å². The normalized spacial score (nSPS) is 11.8. The standard InChI is InChI=1S/C43H26N4/c1-2-13-27(14-3-1)41-44-42(46-43(45-41)47-38-23-10-8-19-33(38)34-20-9-11-24-39(34)47)36-21-7-4-16-30(36)29-25-28-15-12-22-35-31-17-5-6-18-32(31)37(26-29)40(28)35/h1-26H. The van der Waals surface area contributed by atoms with Crippen molar-refractivity contribution >= 4 is 32.6 Å². The van der Waals surface area contributed by atoms with E-state index in [4.69, 9.17) is 15.0 Å². The Morgan fingerprint density at radius 3 is 1.68 bits per heavy atom. The summed E-state index contributed by atoms with van der Waals surface area (Å²) in [5.41, 5.74) is 11.4. The largest absolute Gasteiger partial charge is 0.278 e. The van der Waals surface area contributed by atoms with Crippen molar-refractivity contribution in [3.05, 3.63) is 158 Å². The summed E-state index contributed by atoms with van der Waals surface area (Å²) in [5.74, 6) is 1.87. The molecular weight excluding hydrogens is 573 g/mol. The van der Waals surface area contributed by atoms with Gasteiger partial charge in [0.05, 0.1) is 11.0 Å². The molecule has 0 saturated heterocycles. The van der Waals surface area contributed by atoms with Crippen LogP contribution in [0.5, 0.6) is 0 Å². The molecule has 47 heavy (non-hydrogen) atoms. The number of hydrogen-bond acceptors (Lipinski definition) is 3. The van der Waals surface area contributed by atoms with Gasteiger partial charge in [0.15, 0.2) is 11.6 Å². The molecule has 2 aromatic heterocycles. The first kappa shape index (κ1) is 25.9. The Bertz CT molecular complexity index is 2630. The molecule has 0 amide bonds. The van der Waals surface area contributed by atoms with Gasteiger partial charge >= 0.3 is 0 Å². The molecule has 0 unspecified atom stereocenters. The predicted molar refractivity (Wildman–Crippen MR) is 192 cm³/mol. The van der Waals surface area contributed by atoms with Crippen LogP contribution in [0.2, 0.25) is 0 Å². The molecule has 0 spiro atoms. The summed E-state index contributed by atoms with van der Waals surface area (Å²) in [4.78, 5) is 15.5. The predicted octanol–water partition coefficient (Wildman–Crippen LogP) is 10.8. The van der Waals surface area contributed by atoms with Gasteiger partial charge in [-0.05, 0) is 68.4 Å². The molecule has 0 atom stereocenters. The van der Waals surface area contributed by atoms with Gasteiger partial charge in [0.25, 0.3) is 0 Å². The molecule has 9 aromatic rings. The number of fused-ring (bicyclic) bond motifs is 6. The third kappa shape index (κ3) is 3.92. The van der Waals surface area contributed by atoms with Gasteiger partial charge in [0.2, 0.25) is 5.95 Å². The third-order valence-electron chi connectivity index (χ3n) is 9.40. The molecule has 4 heteroatoms. The van der Waals surface area contributed by atoms with Gasteiger partial charge in [-0.15, -0.1) is 0 Å². The summed E-state index contributed by atoms with van der Waals surface area (Å²) < 4.78 is 2.17. The Labute approximate surface area is 271 Å². The molecule has 4 nitrogen and oxygen atoms in total. The summed E-state index contributed by atoms with van der Waals surface area (Å²) >= 11 is 0. The van der Waals surface area contributed by atoms with Crippen LogP contribution in [-0.4, -0.2) is 19.5 Å². The van der Waals surface area contributed by atoms with E-state index in [0.29, 0.717) is 17.6 Å². The van der Waals surface area contributed by atoms with Crippen LogP contribution in [0, 0.1) is 0 Å². The van der Waals surface area contributed by atoms with Crippen LogP contribution >= 0.6 is 0 Å². The Hall–Kier alpha value is -6.39. The van der Waals surface area contributed by atoms with Gasteiger partial charge in [-0.2, -0.15) is 9.97 Å². The lowest BCUT2D eigenvalue weighted by Gasteiger charge is -2.14. The van der Waals surface area contributed by atoms with Crippen molar-refractivity contribution in [2.24, 2.45) is 0 Å². The highest BCUT2D eigenvalue weighted by molar-refractivity contribution is 6.16. The molecular formula is C43H26N4. The number of aromatic nitrogens is 4. The fourth-order valence-corrected chi connectivity index (χ4v) is 7.34. The van der Waals surface area contributed by atoms with Gasteiger partial charge in [-0.1, -0.05) is 133 Å². The first-order valence-corrected chi connectivity index (χ1v) is 15.9. The van der Waals surface area contributed by atoms with Crippen molar-refractivity contribution in [2.75, 3.05) is 0 Å². The maximum atomic E-state index is 5.25. The Morgan fingerprint density at radius 2 is 0.936 bits per heavy atom. The summed E-state index contributed by atoms with van der Waals surface area (Å²) in [6.07, 6.45) is 0. The van der Waals surface area contributed by atoms with E-state index < -0.39 is 0 Å². The minimum atomic E-state index is 0.594. The zero-order chi connectivity index (χ0) is 30.9. The van der Waals surface area contributed by atoms with E-state index in [1.807, 2.05) is 18.2 Å². The zero-order valence-electron chi connectivity index (χ0n) is 25.3. The summed E-state index contributed by atoms with van der Waals surface area (Å²) in [6.45, 7) is 0. The SMILES string of the molecule is c1ccc(-c2nc(-c3ccccc3-c3cc4c5c(cccc5c3)-c3ccccc3-4)nc(-n3c4ccccc4c4ccccc43)n2)cc1. The highest BCUT2D eigenvalue weighted by atomic mass is 15.2. The number of benzene rings is 7. The Morgan fingerprint density at radius 1 is 0.362 bits per heavy atom.